The van der Waals surface area contributed by atoms with Crippen molar-refractivity contribution in [1.82, 2.24) is 0 Å². The first kappa shape index (κ1) is 24.5. The van der Waals surface area contributed by atoms with Crippen molar-refractivity contribution in [2.24, 2.45) is 0 Å². The average molecular weight is 469 g/mol. The molecule has 0 saturated carbocycles. The van der Waals surface area contributed by atoms with E-state index >= 15 is 0 Å². The number of ether oxygens (including phenoxy) is 2. The molecule has 0 spiro atoms. The minimum absolute atomic E-state index is 0.110. The zero-order chi connectivity index (χ0) is 25.1. The lowest BCUT2D eigenvalue weighted by Crippen LogP contribution is -2.33. The van der Waals surface area contributed by atoms with Crippen LogP contribution in [0, 0.1) is 0 Å². The van der Waals surface area contributed by atoms with Gasteiger partial charge in [-0.3, -0.25) is 0 Å². The molecule has 0 atom stereocenters. The van der Waals surface area contributed by atoms with Gasteiger partial charge >= 0.3 is 11.9 Å². The summed E-state index contributed by atoms with van der Waals surface area (Å²) in [6, 6.07) is 22.3. The summed E-state index contributed by atoms with van der Waals surface area (Å²) >= 11 is 0. The minimum Gasteiger partial charge on any atom is -0.457 e. The Morgan fingerprint density at radius 1 is 0.829 bits per heavy atom. The molecule has 1 aliphatic rings. The highest BCUT2D eigenvalue weighted by atomic mass is 16.5. The number of carbonyl (C=O) groups excluding carboxylic acids is 2. The number of hydrogen-bond acceptors (Lipinski definition) is 4. The summed E-state index contributed by atoms with van der Waals surface area (Å²) < 4.78 is 10.7. The van der Waals surface area contributed by atoms with Crippen LogP contribution in [0.25, 0.3) is 6.08 Å². The summed E-state index contributed by atoms with van der Waals surface area (Å²) in [5, 5.41) is 0. The summed E-state index contributed by atoms with van der Waals surface area (Å²) in [5.74, 6) is -0.528. The maximum atomic E-state index is 12.4. The van der Waals surface area contributed by atoms with Crippen LogP contribution in [0.1, 0.15) is 73.1 Å². The van der Waals surface area contributed by atoms with E-state index in [1.165, 1.54) is 17.2 Å². The number of benzene rings is 3. The molecule has 0 amide bonds. The molecule has 0 bridgehead atoms. The van der Waals surface area contributed by atoms with E-state index in [9.17, 15) is 9.59 Å². The molecule has 0 aliphatic heterocycles. The standard InChI is InChI=1S/C31H32O4/c1-30(2)18-19-31(3,4)27-20-22(10-16-26(27)30)11-17-28(32)35-25-14-12-24(13-15-25)29(33)34-21-23-8-6-5-7-9-23/h5-17,20H,18-19,21H2,1-4H3. The molecule has 4 nitrogen and oxygen atoms in total. The third kappa shape index (κ3) is 5.89. The molecule has 180 valence electrons. The molecule has 35 heavy (non-hydrogen) atoms. The Morgan fingerprint density at radius 2 is 1.49 bits per heavy atom. The fourth-order valence-corrected chi connectivity index (χ4v) is 4.49. The molecule has 0 N–H and O–H groups in total. The van der Waals surface area contributed by atoms with Crippen LogP contribution >= 0.6 is 0 Å². The van der Waals surface area contributed by atoms with Crippen LogP contribution in [0.15, 0.2) is 78.9 Å². The Morgan fingerprint density at radius 3 is 2.17 bits per heavy atom. The molecule has 0 heterocycles. The molecule has 3 aromatic carbocycles. The van der Waals surface area contributed by atoms with Crippen molar-refractivity contribution in [3.63, 3.8) is 0 Å². The Labute approximate surface area is 207 Å². The molecule has 0 radical (unpaired) electrons. The van der Waals surface area contributed by atoms with Crippen molar-refractivity contribution in [2.45, 2.75) is 58.0 Å². The molecule has 1 aliphatic carbocycles. The zero-order valence-electron chi connectivity index (χ0n) is 20.8. The molecule has 0 fully saturated rings. The summed E-state index contributed by atoms with van der Waals surface area (Å²) in [6.07, 6.45) is 5.52. The van der Waals surface area contributed by atoms with Crippen molar-refractivity contribution < 1.29 is 19.1 Å². The van der Waals surface area contributed by atoms with Crippen molar-refractivity contribution in [1.29, 1.82) is 0 Å². The predicted octanol–water partition coefficient (Wildman–Crippen LogP) is 7.01. The van der Waals surface area contributed by atoms with Crippen LogP contribution < -0.4 is 4.74 Å². The fraction of sp³-hybridized carbons (Fsp3) is 0.290. The van der Waals surface area contributed by atoms with Gasteiger partial charge in [-0.1, -0.05) is 76.2 Å². The highest BCUT2D eigenvalue weighted by molar-refractivity contribution is 5.90. The number of rotatable bonds is 6. The maximum absolute atomic E-state index is 12.4. The minimum atomic E-state index is -0.471. The first-order valence-electron chi connectivity index (χ1n) is 12.0. The summed E-state index contributed by atoms with van der Waals surface area (Å²) in [6.45, 7) is 9.36. The zero-order valence-corrected chi connectivity index (χ0v) is 20.8. The smallest absolute Gasteiger partial charge is 0.338 e. The van der Waals surface area contributed by atoms with E-state index in [-0.39, 0.29) is 17.4 Å². The normalized spacial score (nSPS) is 15.9. The molecule has 0 saturated heterocycles. The van der Waals surface area contributed by atoms with Gasteiger partial charge in [0.05, 0.1) is 5.56 Å². The van der Waals surface area contributed by atoms with Crippen LogP contribution in [0.2, 0.25) is 0 Å². The second-order valence-corrected chi connectivity index (χ2v) is 10.4. The Balaban J connectivity index is 1.36. The van der Waals surface area contributed by atoms with Gasteiger partial charge < -0.3 is 9.47 Å². The van der Waals surface area contributed by atoms with E-state index < -0.39 is 11.9 Å². The molecule has 4 heteroatoms. The van der Waals surface area contributed by atoms with Crippen LogP contribution in [0.4, 0.5) is 0 Å². The number of fused-ring (bicyclic) bond motifs is 1. The average Bonchev–Trinajstić information content (AvgIpc) is 2.85. The highest BCUT2D eigenvalue weighted by Crippen LogP contribution is 2.45. The van der Waals surface area contributed by atoms with E-state index in [0.29, 0.717) is 11.3 Å². The lowest BCUT2D eigenvalue weighted by atomic mass is 9.63. The third-order valence-electron chi connectivity index (χ3n) is 6.81. The van der Waals surface area contributed by atoms with Gasteiger partial charge in [0.25, 0.3) is 0 Å². The topological polar surface area (TPSA) is 52.6 Å². The van der Waals surface area contributed by atoms with Crippen molar-refractivity contribution in [2.75, 3.05) is 0 Å². The van der Waals surface area contributed by atoms with E-state index in [1.54, 1.807) is 30.3 Å². The molecule has 0 aromatic heterocycles. The van der Waals surface area contributed by atoms with Crippen LogP contribution in [-0.4, -0.2) is 11.9 Å². The van der Waals surface area contributed by atoms with Gasteiger partial charge in [0.15, 0.2) is 0 Å². The first-order chi connectivity index (χ1) is 16.6. The number of esters is 2. The van der Waals surface area contributed by atoms with E-state index in [1.807, 2.05) is 30.3 Å². The largest absolute Gasteiger partial charge is 0.457 e. The Bertz CT molecular complexity index is 1230. The van der Waals surface area contributed by atoms with Gasteiger partial charge in [-0.15, -0.1) is 0 Å². The fourth-order valence-electron chi connectivity index (χ4n) is 4.49. The van der Waals surface area contributed by atoms with E-state index in [2.05, 4.69) is 45.9 Å². The molecule has 3 aromatic rings. The van der Waals surface area contributed by atoms with Crippen LogP contribution in [-0.2, 0) is 27.0 Å². The van der Waals surface area contributed by atoms with Crippen molar-refractivity contribution in [3.8, 4) is 5.75 Å². The van der Waals surface area contributed by atoms with E-state index in [4.69, 9.17) is 9.47 Å². The van der Waals surface area contributed by atoms with Crippen molar-refractivity contribution >= 4 is 18.0 Å². The van der Waals surface area contributed by atoms with Gasteiger partial charge in [-0.05, 0) is 76.3 Å². The number of carbonyl (C=O) groups is 2. The quantitative estimate of drug-likeness (QED) is 0.222. The van der Waals surface area contributed by atoms with E-state index in [0.717, 1.165) is 24.0 Å². The molecular formula is C31H32O4. The lowest BCUT2D eigenvalue weighted by Gasteiger charge is -2.42. The summed E-state index contributed by atoms with van der Waals surface area (Å²) in [7, 11) is 0. The summed E-state index contributed by atoms with van der Waals surface area (Å²) in [5.41, 5.74) is 5.30. The number of hydrogen-bond donors (Lipinski definition) is 0. The summed E-state index contributed by atoms with van der Waals surface area (Å²) in [4.78, 5) is 24.6. The molecule has 0 unspecified atom stereocenters. The second kappa shape index (κ2) is 9.91. The monoisotopic (exact) mass is 468 g/mol. The van der Waals surface area contributed by atoms with Crippen molar-refractivity contribution in [3.05, 3.63) is 107 Å². The highest BCUT2D eigenvalue weighted by Gasteiger charge is 2.36. The maximum Gasteiger partial charge on any atom is 0.338 e. The Hall–Kier alpha value is -3.66. The Kier molecular flexibility index (Phi) is 6.93. The van der Waals surface area contributed by atoms with Crippen LogP contribution in [0.3, 0.4) is 0 Å². The molecule has 4 rings (SSSR count). The SMILES string of the molecule is CC1(C)CCC(C)(C)c2cc(C=CC(=O)Oc3ccc(C(=O)OCc4ccccc4)cc3)ccc21. The van der Waals surface area contributed by atoms with Gasteiger partial charge in [-0.2, -0.15) is 0 Å². The first-order valence-corrected chi connectivity index (χ1v) is 12.0. The van der Waals surface area contributed by atoms with Gasteiger partial charge in [0.1, 0.15) is 12.4 Å². The van der Waals surface area contributed by atoms with Gasteiger partial charge in [0, 0.05) is 6.08 Å². The van der Waals surface area contributed by atoms with Crippen LogP contribution in [0.5, 0.6) is 5.75 Å². The van der Waals surface area contributed by atoms with Gasteiger partial charge in [0.2, 0.25) is 0 Å². The second-order valence-electron chi connectivity index (χ2n) is 10.4. The third-order valence-corrected chi connectivity index (χ3v) is 6.81. The lowest BCUT2D eigenvalue weighted by molar-refractivity contribution is -0.128. The predicted molar refractivity (Wildman–Crippen MR) is 138 cm³/mol. The van der Waals surface area contributed by atoms with Gasteiger partial charge in [-0.25, -0.2) is 9.59 Å². The molecular weight excluding hydrogens is 436 g/mol.